The van der Waals surface area contributed by atoms with Crippen LogP contribution in [0, 0.1) is 6.92 Å². The van der Waals surface area contributed by atoms with E-state index in [9.17, 15) is 8.42 Å². The summed E-state index contributed by atoms with van der Waals surface area (Å²) in [7, 11) is -3.19. The van der Waals surface area contributed by atoms with Crippen LogP contribution in [0.3, 0.4) is 0 Å². The predicted molar refractivity (Wildman–Crippen MR) is 127 cm³/mol. The van der Waals surface area contributed by atoms with E-state index in [1.54, 1.807) is 6.07 Å². The van der Waals surface area contributed by atoms with Gasteiger partial charge < -0.3 is 10.6 Å². The predicted octanol–water partition coefficient (Wildman–Crippen LogP) is 3.70. The number of sulfone groups is 1. The zero-order valence-electron chi connectivity index (χ0n) is 16.7. The van der Waals surface area contributed by atoms with Crippen molar-refractivity contribution in [1.29, 1.82) is 0 Å². The number of nitrogens with one attached hydrogen (secondary N) is 2. The average molecular weight is 515 g/mol. The minimum atomic E-state index is -3.19. The van der Waals surface area contributed by atoms with E-state index in [4.69, 9.17) is 0 Å². The number of halogens is 1. The van der Waals surface area contributed by atoms with Crippen molar-refractivity contribution in [2.75, 3.05) is 19.3 Å². The number of nitrogens with zero attached hydrogens (tertiary/aromatic N) is 1. The quantitative estimate of drug-likeness (QED) is 0.244. The molecule has 2 N–H and O–H groups in total. The summed E-state index contributed by atoms with van der Waals surface area (Å²) < 4.78 is 23.4. The second-order valence-corrected chi connectivity index (χ2v) is 8.57. The number of hydrogen-bond acceptors (Lipinski definition) is 3. The van der Waals surface area contributed by atoms with E-state index in [-0.39, 0.29) is 24.0 Å². The highest BCUT2D eigenvalue weighted by atomic mass is 127. The normalized spacial score (nSPS) is 11.6. The van der Waals surface area contributed by atoms with Gasteiger partial charge >= 0.3 is 0 Å². The molecule has 0 amide bonds. The molecule has 28 heavy (non-hydrogen) atoms. The molecule has 2 aromatic rings. The summed E-state index contributed by atoms with van der Waals surface area (Å²) in [5.41, 5.74) is 3.08. The zero-order chi connectivity index (χ0) is 19.7. The summed E-state index contributed by atoms with van der Waals surface area (Å²) in [6.45, 7) is 5.98. The topological polar surface area (TPSA) is 70.6 Å². The van der Waals surface area contributed by atoms with Crippen molar-refractivity contribution in [2.24, 2.45) is 4.99 Å². The molecule has 0 unspecified atom stereocenters. The minimum Gasteiger partial charge on any atom is -0.357 e. The van der Waals surface area contributed by atoms with Crippen LogP contribution in [0.2, 0.25) is 0 Å². The van der Waals surface area contributed by atoms with Gasteiger partial charge in [0.05, 0.1) is 11.4 Å². The lowest BCUT2D eigenvalue weighted by Crippen LogP contribution is -2.37. The monoisotopic (exact) mass is 515 g/mol. The van der Waals surface area contributed by atoms with Crippen LogP contribution in [-0.2, 0) is 22.8 Å². The SMILES string of the molecule is CCNC(=NCc1ccc(S(C)(=O)=O)c(C)c1)NCCCc1ccccc1.I. The molecule has 0 aliphatic heterocycles. The van der Waals surface area contributed by atoms with E-state index >= 15 is 0 Å². The third kappa shape index (κ3) is 8.18. The van der Waals surface area contributed by atoms with Gasteiger partial charge in [0.25, 0.3) is 0 Å². The third-order valence-corrected chi connectivity index (χ3v) is 5.44. The number of benzene rings is 2. The van der Waals surface area contributed by atoms with Crippen LogP contribution in [0.4, 0.5) is 0 Å². The Bertz CT molecular complexity index is 868. The van der Waals surface area contributed by atoms with E-state index in [0.717, 1.165) is 43.0 Å². The van der Waals surface area contributed by atoms with Gasteiger partial charge in [-0.1, -0.05) is 42.5 Å². The summed E-state index contributed by atoms with van der Waals surface area (Å²) >= 11 is 0. The van der Waals surface area contributed by atoms with Gasteiger partial charge in [-0.2, -0.15) is 0 Å². The van der Waals surface area contributed by atoms with Crippen LogP contribution < -0.4 is 10.6 Å². The summed E-state index contributed by atoms with van der Waals surface area (Å²) in [5.74, 6) is 0.774. The molecule has 2 aromatic carbocycles. The molecule has 2 rings (SSSR count). The van der Waals surface area contributed by atoms with Gasteiger partial charge in [-0.05, 0) is 49.4 Å². The first-order valence-corrected chi connectivity index (χ1v) is 11.1. The van der Waals surface area contributed by atoms with Crippen molar-refractivity contribution >= 4 is 39.8 Å². The fraction of sp³-hybridized carbons (Fsp3) is 0.381. The lowest BCUT2D eigenvalue weighted by Gasteiger charge is -2.12. The number of aryl methyl sites for hydroxylation is 2. The second-order valence-electron chi connectivity index (χ2n) is 6.58. The molecule has 0 heterocycles. The summed E-state index contributed by atoms with van der Waals surface area (Å²) in [5, 5.41) is 6.60. The molecular formula is C21H30IN3O2S. The smallest absolute Gasteiger partial charge is 0.191 e. The van der Waals surface area contributed by atoms with E-state index in [1.165, 1.54) is 11.8 Å². The standard InChI is InChI=1S/C21H29N3O2S.HI/c1-4-22-21(23-14-8-11-18-9-6-5-7-10-18)24-16-19-12-13-20(17(2)15-19)27(3,25)26;/h5-7,9-10,12-13,15H,4,8,11,14,16H2,1-3H3,(H2,22,23,24);1H. The molecule has 5 nitrogen and oxygen atoms in total. The Balaban J connectivity index is 0.00000392. The number of guanidine groups is 1. The second kappa shape index (κ2) is 12.1. The van der Waals surface area contributed by atoms with Crippen molar-refractivity contribution in [1.82, 2.24) is 10.6 Å². The fourth-order valence-electron chi connectivity index (χ4n) is 2.88. The summed E-state index contributed by atoms with van der Waals surface area (Å²) in [6, 6.07) is 15.8. The molecule has 0 saturated heterocycles. The first kappa shape index (κ1) is 24.4. The maximum absolute atomic E-state index is 11.7. The lowest BCUT2D eigenvalue weighted by atomic mass is 10.1. The van der Waals surface area contributed by atoms with Crippen molar-refractivity contribution in [3.8, 4) is 0 Å². The van der Waals surface area contributed by atoms with Crippen LogP contribution in [0.1, 0.15) is 30.0 Å². The van der Waals surface area contributed by atoms with Crippen LogP contribution in [0.5, 0.6) is 0 Å². The zero-order valence-corrected chi connectivity index (χ0v) is 19.9. The van der Waals surface area contributed by atoms with Gasteiger partial charge in [-0.3, -0.25) is 0 Å². The molecule has 0 spiro atoms. The molecule has 0 fully saturated rings. The largest absolute Gasteiger partial charge is 0.357 e. The Morgan fingerprint density at radius 2 is 1.75 bits per heavy atom. The van der Waals surface area contributed by atoms with Crippen molar-refractivity contribution in [3.05, 3.63) is 65.2 Å². The molecule has 0 bridgehead atoms. The maximum Gasteiger partial charge on any atom is 0.191 e. The van der Waals surface area contributed by atoms with E-state index in [2.05, 4.69) is 39.9 Å². The Hall–Kier alpha value is -1.61. The van der Waals surface area contributed by atoms with Crippen molar-refractivity contribution in [3.63, 3.8) is 0 Å². The molecule has 7 heteroatoms. The third-order valence-electron chi connectivity index (χ3n) is 4.18. The summed E-state index contributed by atoms with van der Waals surface area (Å²) in [6.07, 6.45) is 3.28. The average Bonchev–Trinajstić information content (AvgIpc) is 2.63. The van der Waals surface area contributed by atoms with Crippen LogP contribution in [0.25, 0.3) is 0 Å². The van der Waals surface area contributed by atoms with Gasteiger partial charge in [0.2, 0.25) is 0 Å². The molecule has 0 radical (unpaired) electrons. The summed E-state index contributed by atoms with van der Waals surface area (Å²) in [4.78, 5) is 4.98. The van der Waals surface area contributed by atoms with Crippen LogP contribution in [-0.4, -0.2) is 33.7 Å². The minimum absolute atomic E-state index is 0. The van der Waals surface area contributed by atoms with E-state index in [1.807, 2.05) is 32.0 Å². The van der Waals surface area contributed by atoms with Gasteiger partial charge in [0.1, 0.15) is 0 Å². The highest BCUT2D eigenvalue weighted by Gasteiger charge is 2.10. The van der Waals surface area contributed by atoms with Crippen molar-refractivity contribution in [2.45, 2.75) is 38.1 Å². The van der Waals surface area contributed by atoms with Gasteiger partial charge in [-0.25, -0.2) is 13.4 Å². The Morgan fingerprint density at radius 1 is 1.04 bits per heavy atom. The highest BCUT2D eigenvalue weighted by molar-refractivity contribution is 14.0. The van der Waals surface area contributed by atoms with Crippen molar-refractivity contribution < 1.29 is 8.42 Å². The van der Waals surface area contributed by atoms with E-state index < -0.39 is 9.84 Å². The molecule has 0 aromatic heterocycles. The molecule has 0 aliphatic rings. The number of rotatable bonds is 8. The molecular weight excluding hydrogens is 485 g/mol. The maximum atomic E-state index is 11.7. The van der Waals surface area contributed by atoms with Crippen LogP contribution in [0.15, 0.2) is 58.4 Å². The lowest BCUT2D eigenvalue weighted by molar-refractivity contribution is 0.601. The van der Waals surface area contributed by atoms with E-state index in [0.29, 0.717) is 11.4 Å². The Morgan fingerprint density at radius 3 is 2.36 bits per heavy atom. The molecule has 154 valence electrons. The first-order chi connectivity index (χ1) is 12.9. The first-order valence-electron chi connectivity index (χ1n) is 9.26. The number of hydrogen-bond donors (Lipinski definition) is 2. The Labute approximate surface area is 186 Å². The molecule has 0 atom stereocenters. The van der Waals surface area contributed by atoms with Gasteiger partial charge in [0.15, 0.2) is 15.8 Å². The molecule has 0 aliphatic carbocycles. The molecule has 0 saturated carbocycles. The van der Waals surface area contributed by atoms with Gasteiger partial charge in [-0.15, -0.1) is 24.0 Å². The van der Waals surface area contributed by atoms with Gasteiger partial charge in [0, 0.05) is 19.3 Å². The number of aliphatic imine (C=N–C) groups is 1. The Kier molecular flexibility index (Phi) is 10.5. The van der Waals surface area contributed by atoms with Crippen LogP contribution >= 0.6 is 24.0 Å². The fourth-order valence-corrected chi connectivity index (χ4v) is 3.84. The highest BCUT2D eigenvalue weighted by Crippen LogP contribution is 2.17.